The second kappa shape index (κ2) is 10.2. The predicted molar refractivity (Wildman–Crippen MR) is 149 cm³/mol. The molecule has 2 aromatic rings. The summed E-state index contributed by atoms with van der Waals surface area (Å²) in [6.07, 6.45) is 4.78. The Morgan fingerprint density at radius 2 is 1.84 bits per heavy atom. The molecule has 2 saturated heterocycles. The second-order valence-electron chi connectivity index (χ2n) is 11.2. The standard InChI is InChI=1S/C28H36F2N4O3S/c1-19-14-21(16-24-26(19)36-18-22-17-28(29,30)8-11-34(22)24)31-37-25-3-2-20(32-38-13-12-35)15-23(25)33-9-6-27(4-5-27)7-10-33/h2-3,14-16,22,31-32,35H,4-13,17-18H2,1H3. The Hall–Kier alpha value is -2.59. The lowest BCUT2D eigenvalue weighted by Crippen LogP contribution is -2.52. The molecule has 0 bridgehead atoms. The first-order chi connectivity index (χ1) is 18.3. The van der Waals surface area contributed by atoms with Crippen molar-refractivity contribution in [1.29, 1.82) is 0 Å². The molecule has 3 heterocycles. The van der Waals surface area contributed by atoms with Gasteiger partial charge in [0.1, 0.15) is 12.4 Å². The van der Waals surface area contributed by atoms with Crippen LogP contribution in [0.15, 0.2) is 30.3 Å². The van der Waals surface area contributed by atoms with Gasteiger partial charge in [-0.1, -0.05) is 11.9 Å². The number of aryl methyl sites for hydroxylation is 1. The fraction of sp³-hybridized carbons (Fsp3) is 0.571. The Balaban J connectivity index is 1.21. The number of nitrogens with zero attached hydrogens (tertiary/aromatic N) is 2. The van der Waals surface area contributed by atoms with E-state index < -0.39 is 5.92 Å². The number of hydrogen-bond acceptors (Lipinski definition) is 8. The summed E-state index contributed by atoms with van der Waals surface area (Å²) in [4.78, 5) is 10.7. The maximum absolute atomic E-state index is 14.0. The molecule has 1 saturated carbocycles. The van der Waals surface area contributed by atoms with Crippen LogP contribution in [-0.4, -0.2) is 55.7 Å². The molecule has 0 aromatic heterocycles. The van der Waals surface area contributed by atoms with Crippen LogP contribution >= 0.6 is 11.9 Å². The summed E-state index contributed by atoms with van der Waals surface area (Å²) in [7, 11) is 0. The molecule has 10 heteroatoms. The van der Waals surface area contributed by atoms with Gasteiger partial charge < -0.3 is 29.2 Å². The van der Waals surface area contributed by atoms with Crippen LogP contribution in [0.5, 0.6) is 11.5 Å². The zero-order chi connectivity index (χ0) is 26.3. The van der Waals surface area contributed by atoms with Gasteiger partial charge in [0.2, 0.25) is 0 Å². The van der Waals surface area contributed by atoms with Crippen molar-refractivity contribution in [2.75, 3.05) is 58.6 Å². The highest BCUT2D eigenvalue weighted by Gasteiger charge is 2.45. The molecule has 3 N–H and O–H groups in total. The van der Waals surface area contributed by atoms with Crippen molar-refractivity contribution < 1.29 is 23.5 Å². The van der Waals surface area contributed by atoms with Crippen molar-refractivity contribution in [2.45, 2.75) is 57.4 Å². The molecule has 0 radical (unpaired) electrons. The van der Waals surface area contributed by atoms with Gasteiger partial charge in [0.05, 0.1) is 29.7 Å². The summed E-state index contributed by atoms with van der Waals surface area (Å²) in [5, 5.41) is 9.12. The van der Waals surface area contributed by atoms with E-state index in [1.807, 2.05) is 31.2 Å². The lowest BCUT2D eigenvalue weighted by atomic mass is 9.93. The maximum atomic E-state index is 14.0. The first-order valence-electron chi connectivity index (χ1n) is 13.6. The largest absolute Gasteiger partial charge is 0.489 e. The zero-order valence-electron chi connectivity index (χ0n) is 21.8. The number of piperidine rings is 2. The van der Waals surface area contributed by atoms with Crippen LogP contribution in [0, 0.1) is 12.3 Å². The van der Waals surface area contributed by atoms with Crippen LogP contribution in [0.2, 0.25) is 0 Å². The van der Waals surface area contributed by atoms with E-state index >= 15 is 0 Å². The number of rotatable bonds is 8. The van der Waals surface area contributed by atoms with Crippen molar-refractivity contribution in [3.63, 3.8) is 0 Å². The number of aliphatic hydroxyl groups is 1. The normalized spacial score (nSPS) is 22.8. The number of halogens is 2. The number of hydrogen-bond donors (Lipinski definition) is 3. The van der Waals surface area contributed by atoms with Crippen LogP contribution < -0.4 is 29.6 Å². The third-order valence-corrected chi connectivity index (χ3v) is 9.19. The van der Waals surface area contributed by atoms with Crippen molar-refractivity contribution in [3.8, 4) is 11.5 Å². The summed E-state index contributed by atoms with van der Waals surface area (Å²) in [5.74, 6) is -0.539. The average molecular weight is 547 g/mol. The van der Waals surface area contributed by atoms with E-state index in [4.69, 9.17) is 14.7 Å². The molecule has 206 valence electrons. The van der Waals surface area contributed by atoms with Gasteiger partial charge in [0.25, 0.3) is 5.92 Å². The van der Waals surface area contributed by atoms with Crippen molar-refractivity contribution >= 4 is 34.7 Å². The third-order valence-electron chi connectivity index (χ3n) is 8.42. The minimum atomic E-state index is -2.64. The average Bonchev–Trinajstić information content (AvgIpc) is 3.66. The highest BCUT2D eigenvalue weighted by Crippen LogP contribution is 2.54. The van der Waals surface area contributed by atoms with E-state index in [1.54, 1.807) is 0 Å². The van der Waals surface area contributed by atoms with Crippen LogP contribution in [-0.2, 0) is 0 Å². The van der Waals surface area contributed by atoms with Crippen LogP contribution in [0.1, 0.15) is 44.1 Å². The summed E-state index contributed by atoms with van der Waals surface area (Å²) in [6.45, 7) is 4.68. The SMILES string of the molecule is Cc1cc(NOc2ccc(NSCCO)cc2N2CCC3(CC2)CC3)cc2c1OCC1CC(F)(F)CCN21. The van der Waals surface area contributed by atoms with E-state index in [1.165, 1.54) is 37.6 Å². The Labute approximate surface area is 226 Å². The van der Waals surface area contributed by atoms with E-state index in [-0.39, 0.29) is 32.1 Å². The van der Waals surface area contributed by atoms with E-state index in [0.29, 0.717) is 17.7 Å². The highest BCUT2D eigenvalue weighted by molar-refractivity contribution is 8.00. The minimum absolute atomic E-state index is 0.121. The molecule has 2 aromatic carbocycles. The summed E-state index contributed by atoms with van der Waals surface area (Å²) < 4.78 is 37.3. The quantitative estimate of drug-likeness (QED) is 0.217. The smallest absolute Gasteiger partial charge is 0.251 e. The molecule has 7 nitrogen and oxygen atoms in total. The number of aliphatic hydroxyl groups excluding tert-OH is 1. The molecule has 1 spiro atoms. The fourth-order valence-electron chi connectivity index (χ4n) is 5.99. The lowest BCUT2D eigenvalue weighted by Gasteiger charge is -2.44. The molecule has 6 rings (SSSR count). The molecule has 38 heavy (non-hydrogen) atoms. The van der Waals surface area contributed by atoms with Crippen LogP contribution in [0.4, 0.5) is 31.5 Å². The number of anilines is 4. The molecular formula is C28H36F2N4O3S. The second-order valence-corrected chi connectivity index (χ2v) is 12.1. The number of nitrogens with one attached hydrogen (secondary N) is 2. The van der Waals surface area contributed by atoms with Gasteiger partial charge in [0, 0.05) is 43.9 Å². The monoisotopic (exact) mass is 546 g/mol. The van der Waals surface area contributed by atoms with E-state index in [9.17, 15) is 8.78 Å². The van der Waals surface area contributed by atoms with E-state index in [2.05, 4.69) is 26.1 Å². The summed E-state index contributed by atoms with van der Waals surface area (Å²) >= 11 is 1.47. The fourth-order valence-corrected chi connectivity index (χ4v) is 6.48. The Kier molecular flexibility index (Phi) is 6.88. The van der Waals surface area contributed by atoms with Crippen molar-refractivity contribution in [2.24, 2.45) is 5.41 Å². The first-order valence-corrected chi connectivity index (χ1v) is 14.6. The van der Waals surface area contributed by atoms with Gasteiger partial charge in [0.15, 0.2) is 5.75 Å². The molecule has 3 aliphatic heterocycles. The van der Waals surface area contributed by atoms with E-state index in [0.717, 1.165) is 52.9 Å². The molecule has 1 unspecified atom stereocenters. The van der Waals surface area contributed by atoms with Gasteiger partial charge >= 0.3 is 0 Å². The summed E-state index contributed by atoms with van der Waals surface area (Å²) in [5.41, 5.74) is 8.23. The van der Waals surface area contributed by atoms with Gasteiger partial charge in [-0.05, 0) is 73.9 Å². The van der Waals surface area contributed by atoms with Gasteiger partial charge in [-0.3, -0.25) is 0 Å². The van der Waals surface area contributed by atoms with Crippen molar-refractivity contribution in [1.82, 2.24) is 0 Å². The Bertz CT molecular complexity index is 1170. The topological polar surface area (TPSA) is 69.2 Å². The Morgan fingerprint density at radius 1 is 1.05 bits per heavy atom. The molecule has 3 fully saturated rings. The minimum Gasteiger partial charge on any atom is -0.489 e. The Morgan fingerprint density at radius 3 is 2.61 bits per heavy atom. The summed E-state index contributed by atoms with van der Waals surface area (Å²) in [6, 6.07) is 9.63. The molecule has 1 aliphatic carbocycles. The number of fused-ring (bicyclic) bond motifs is 3. The van der Waals surface area contributed by atoms with Gasteiger partial charge in [-0.25, -0.2) is 14.3 Å². The van der Waals surface area contributed by atoms with Gasteiger partial charge in [-0.15, -0.1) is 0 Å². The predicted octanol–water partition coefficient (Wildman–Crippen LogP) is 5.83. The first kappa shape index (κ1) is 25.7. The highest BCUT2D eigenvalue weighted by atomic mass is 32.2. The molecule has 4 aliphatic rings. The number of benzene rings is 2. The zero-order valence-corrected chi connectivity index (χ0v) is 22.6. The lowest BCUT2D eigenvalue weighted by molar-refractivity contribution is -0.0400. The van der Waals surface area contributed by atoms with Crippen molar-refractivity contribution in [3.05, 3.63) is 35.9 Å². The molecule has 0 amide bonds. The van der Waals surface area contributed by atoms with Crippen LogP contribution in [0.25, 0.3) is 0 Å². The third kappa shape index (κ3) is 5.30. The van der Waals surface area contributed by atoms with Crippen LogP contribution in [0.3, 0.4) is 0 Å². The molecular weight excluding hydrogens is 510 g/mol. The van der Waals surface area contributed by atoms with Gasteiger partial charge in [-0.2, -0.15) is 0 Å². The number of alkyl halides is 2. The number of ether oxygens (including phenoxy) is 1. The molecule has 1 atom stereocenters. The maximum Gasteiger partial charge on any atom is 0.251 e.